The van der Waals surface area contributed by atoms with Crippen LogP contribution in [0.1, 0.15) is 26.4 Å². The summed E-state index contributed by atoms with van der Waals surface area (Å²) in [6.07, 6.45) is 4.92. The van der Waals surface area contributed by atoms with Crippen molar-refractivity contribution in [2.24, 2.45) is 0 Å². The Morgan fingerprint density at radius 3 is 2.71 bits per heavy atom. The quantitative estimate of drug-likeness (QED) is 0.819. The first-order valence-corrected chi connectivity index (χ1v) is 7.29. The van der Waals surface area contributed by atoms with E-state index in [4.69, 9.17) is 5.11 Å². The number of carbonyl (C=O) groups excluding carboxylic acids is 1. The Hall–Kier alpha value is -2.41. The Morgan fingerprint density at radius 2 is 2.10 bits per heavy atom. The maximum Gasteiger partial charge on any atom is 0.354 e. The van der Waals surface area contributed by atoms with Crippen LogP contribution < -0.4 is 5.32 Å². The average molecular weight is 303 g/mol. The number of carboxylic acids is 1. The molecule has 0 saturated heterocycles. The van der Waals surface area contributed by atoms with Gasteiger partial charge in [-0.2, -0.15) is 0 Å². The van der Waals surface area contributed by atoms with E-state index in [0.717, 1.165) is 5.56 Å². The molecule has 2 heterocycles. The molecule has 0 saturated carbocycles. The van der Waals surface area contributed by atoms with E-state index in [1.54, 1.807) is 24.4 Å². The predicted molar refractivity (Wildman–Crippen MR) is 78.4 cm³/mol. The standard InChI is InChI=1S/C14H13N3O3S/c1-21-13-10(3-2-6-15-13)12(18)17-8-9-4-5-11(14(19)20)16-7-9/h2-7H,8H2,1H3,(H,17,18)(H,19,20). The van der Waals surface area contributed by atoms with Gasteiger partial charge in [-0.15, -0.1) is 11.8 Å². The first kappa shape index (κ1) is 15.0. The highest BCUT2D eigenvalue weighted by Crippen LogP contribution is 2.16. The highest BCUT2D eigenvalue weighted by molar-refractivity contribution is 7.98. The molecular formula is C14H13N3O3S. The Labute approximate surface area is 125 Å². The van der Waals surface area contributed by atoms with Crippen molar-refractivity contribution in [1.29, 1.82) is 0 Å². The van der Waals surface area contributed by atoms with Gasteiger partial charge in [0.05, 0.1) is 5.56 Å². The predicted octanol–water partition coefficient (Wildman–Crippen LogP) is 1.83. The van der Waals surface area contributed by atoms with Crippen LogP contribution in [0.25, 0.3) is 0 Å². The van der Waals surface area contributed by atoms with Crippen molar-refractivity contribution in [2.75, 3.05) is 6.26 Å². The van der Waals surface area contributed by atoms with Gasteiger partial charge in [-0.25, -0.2) is 14.8 Å². The number of nitrogens with zero attached hydrogens (tertiary/aromatic N) is 2. The molecule has 0 fully saturated rings. The topological polar surface area (TPSA) is 92.2 Å². The number of rotatable bonds is 5. The fourth-order valence-electron chi connectivity index (χ4n) is 1.66. The number of pyridine rings is 2. The summed E-state index contributed by atoms with van der Waals surface area (Å²) in [4.78, 5) is 30.7. The Morgan fingerprint density at radius 1 is 1.29 bits per heavy atom. The molecular weight excluding hydrogens is 290 g/mol. The molecule has 0 aliphatic heterocycles. The van der Waals surface area contributed by atoms with E-state index in [1.807, 2.05) is 6.26 Å². The van der Waals surface area contributed by atoms with Crippen molar-refractivity contribution in [3.8, 4) is 0 Å². The Bertz CT molecular complexity index is 659. The molecule has 0 bridgehead atoms. The lowest BCUT2D eigenvalue weighted by Crippen LogP contribution is -2.23. The number of nitrogens with one attached hydrogen (secondary N) is 1. The summed E-state index contributed by atoms with van der Waals surface area (Å²) < 4.78 is 0. The van der Waals surface area contributed by atoms with Crippen molar-refractivity contribution in [3.63, 3.8) is 0 Å². The van der Waals surface area contributed by atoms with Gasteiger partial charge in [0.25, 0.3) is 5.91 Å². The summed E-state index contributed by atoms with van der Waals surface area (Å²) in [5.74, 6) is -1.31. The van der Waals surface area contributed by atoms with Gasteiger partial charge in [0.15, 0.2) is 0 Å². The van der Waals surface area contributed by atoms with Crippen molar-refractivity contribution in [2.45, 2.75) is 11.6 Å². The van der Waals surface area contributed by atoms with Crippen molar-refractivity contribution in [1.82, 2.24) is 15.3 Å². The number of thioether (sulfide) groups is 1. The maximum atomic E-state index is 12.1. The molecule has 2 aromatic rings. The van der Waals surface area contributed by atoms with Gasteiger partial charge >= 0.3 is 5.97 Å². The van der Waals surface area contributed by atoms with Crippen molar-refractivity contribution < 1.29 is 14.7 Å². The van der Waals surface area contributed by atoms with Crippen LogP contribution in [-0.4, -0.2) is 33.2 Å². The molecule has 7 heteroatoms. The summed E-state index contributed by atoms with van der Waals surface area (Å²) in [7, 11) is 0. The van der Waals surface area contributed by atoms with E-state index < -0.39 is 5.97 Å². The second-order valence-electron chi connectivity index (χ2n) is 4.10. The Kier molecular flexibility index (Phi) is 4.89. The zero-order chi connectivity index (χ0) is 15.2. The summed E-state index contributed by atoms with van der Waals surface area (Å²) >= 11 is 1.40. The summed E-state index contributed by atoms with van der Waals surface area (Å²) in [5, 5.41) is 12.2. The average Bonchev–Trinajstić information content (AvgIpc) is 2.52. The fraction of sp³-hybridized carbons (Fsp3) is 0.143. The van der Waals surface area contributed by atoms with Crippen LogP contribution in [0.2, 0.25) is 0 Å². The summed E-state index contributed by atoms with van der Waals surface area (Å²) in [6, 6.07) is 6.44. The van der Waals surface area contributed by atoms with Gasteiger partial charge in [-0.3, -0.25) is 4.79 Å². The maximum absolute atomic E-state index is 12.1. The SMILES string of the molecule is CSc1ncccc1C(=O)NCc1ccc(C(=O)O)nc1. The van der Waals surface area contributed by atoms with Crippen LogP contribution in [0, 0.1) is 0 Å². The van der Waals surface area contributed by atoms with E-state index in [2.05, 4.69) is 15.3 Å². The van der Waals surface area contributed by atoms with E-state index in [9.17, 15) is 9.59 Å². The monoisotopic (exact) mass is 303 g/mol. The number of aromatic nitrogens is 2. The number of carbonyl (C=O) groups is 2. The molecule has 0 radical (unpaired) electrons. The molecule has 2 rings (SSSR count). The molecule has 2 aromatic heterocycles. The molecule has 0 unspecified atom stereocenters. The van der Waals surface area contributed by atoms with Gasteiger partial charge in [0.2, 0.25) is 0 Å². The normalized spacial score (nSPS) is 10.1. The summed E-state index contributed by atoms with van der Waals surface area (Å²) in [5.41, 5.74) is 1.21. The molecule has 1 amide bonds. The first-order chi connectivity index (χ1) is 10.1. The lowest BCUT2D eigenvalue weighted by atomic mass is 10.2. The third kappa shape index (κ3) is 3.79. The van der Waals surface area contributed by atoms with Crippen LogP contribution in [-0.2, 0) is 6.54 Å². The molecule has 0 spiro atoms. The fourth-order valence-corrected chi connectivity index (χ4v) is 2.21. The molecule has 0 atom stereocenters. The van der Waals surface area contributed by atoms with Crippen LogP contribution in [0.3, 0.4) is 0 Å². The minimum absolute atomic E-state index is 0.0259. The van der Waals surface area contributed by atoms with Crippen molar-refractivity contribution >= 4 is 23.6 Å². The summed E-state index contributed by atoms with van der Waals surface area (Å²) in [6.45, 7) is 0.272. The zero-order valence-electron chi connectivity index (χ0n) is 11.2. The Balaban J connectivity index is 2.02. The highest BCUT2D eigenvalue weighted by Gasteiger charge is 2.11. The van der Waals surface area contributed by atoms with Crippen LogP contribution in [0.15, 0.2) is 41.7 Å². The highest BCUT2D eigenvalue weighted by atomic mass is 32.2. The number of aromatic carboxylic acids is 1. The van der Waals surface area contributed by atoms with Gasteiger partial charge in [0, 0.05) is 18.9 Å². The molecule has 0 aliphatic carbocycles. The second-order valence-corrected chi connectivity index (χ2v) is 4.89. The first-order valence-electron chi connectivity index (χ1n) is 6.07. The van der Waals surface area contributed by atoms with Gasteiger partial charge in [-0.05, 0) is 30.0 Å². The molecule has 21 heavy (non-hydrogen) atoms. The van der Waals surface area contributed by atoms with E-state index in [1.165, 1.54) is 24.0 Å². The van der Waals surface area contributed by atoms with Crippen LogP contribution in [0.5, 0.6) is 0 Å². The van der Waals surface area contributed by atoms with Crippen molar-refractivity contribution in [3.05, 3.63) is 53.5 Å². The van der Waals surface area contributed by atoms with E-state index >= 15 is 0 Å². The van der Waals surface area contributed by atoms with Crippen LogP contribution >= 0.6 is 11.8 Å². The molecule has 0 aromatic carbocycles. The third-order valence-electron chi connectivity index (χ3n) is 2.71. The molecule has 2 N–H and O–H groups in total. The van der Waals surface area contributed by atoms with Crippen LogP contribution in [0.4, 0.5) is 0 Å². The van der Waals surface area contributed by atoms with Gasteiger partial charge in [-0.1, -0.05) is 6.07 Å². The third-order valence-corrected chi connectivity index (χ3v) is 3.42. The molecule has 6 nitrogen and oxygen atoms in total. The largest absolute Gasteiger partial charge is 0.477 e. The van der Waals surface area contributed by atoms with Gasteiger partial charge < -0.3 is 10.4 Å². The minimum Gasteiger partial charge on any atom is -0.477 e. The number of carboxylic acid groups (broad SMARTS) is 1. The van der Waals surface area contributed by atoms with E-state index in [-0.39, 0.29) is 18.1 Å². The minimum atomic E-state index is -1.08. The lowest BCUT2D eigenvalue weighted by molar-refractivity contribution is 0.0690. The molecule has 0 aliphatic rings. The number of amides is 1. The number of hydrogen-bond donors (Lipinski definition) is 2. The molecule has 108 valence electrons. The smallest absolute Gasteiger partial charge is 0.354 e. The van der Waals surface area contributed by atoms with E-state index in [0.29, 0.717) is 10.6 Å². The lowest BCUT2D eigenvalue weighted by Gasteiger charge is -2.07. The number of hydrogen-bond acceptors (Lipinski definition) is 5. The second kappa shape index (κ2) is 6.85. The van der Waals surface area contributed by atoms with Gasteiger partial charge in [0.1, 0.15) is 10.7 Å². The zero-order valence-corrected chi connectivity index (χ0v) is 12.1.